The van der Waals surface area contributed by atoms with Gasteiger partial charge in [-0.25, -0.2) is 0 Å². The van der Waals surface area contributed by atoms with Gasteiger partial charge in [0, 0.05) is 27.9 Å². The maximum Gasteiger partial charge on any atom is 0.269 e. The second kappa shape index (κ2) is 10.9. The van der Waals surface area contributed by atoms with Crippen molar-refractivity contribution in [1.29, 1.82) is 5.26 Å². The summed E-state index contributed by atoms with van der Waals surface area (Å²) < 4.78 is 11.5. The van der Waals surface area contributed by atoms with E-state index < -0.39 is 4.92 Å². The first-order chi connectivity index (χ1) is 15.9. The highest BCUT2D eigenvalue weighted by atomic mass is 79.9. The predicted molar refractivity (Wildman–Crippen MR) is 128 cm³/mol. The number of hydrogen-bond donors (Lipinski definition) is 1. The predicted octanol–water partition coefficient (Wildman–Crippen LogP) is 5.45. The van der Waals surface area contributed by atoms with Crippen LogP contribution in [0.1, 0.15) is 11.1 Å². The van der Waals surface area contributed by atoms with Crippen molar-refractivity contribution in [2.45, 2.75) is 0 Å². The summed E-state index contributed by atoms with van der Waals surface area (Å²) in [5, 5.41) is 23.2. The molecule has 0 aliphatic heterocycles. The van der Waals surface area contributed by atoms with Crippen LogP contribution in [0.25, 0.3) is 11.6 Å². The van der Waals surface area contributed by atoms with E-state index in [2.05, 4.69) is 27.3 Å². The van der Waals surface area contributed by atoms with Gasteiger partial charge in [0.2, 0.25) is 0 Å². The van der Waals surface area contributed by atoms with Crippen molar-refractivity contribution in [3.8, 4) is 17.6 Å². The smallest absolute Gasteiger partial charge is 0.269 e. The van der Waals surface area contributed by atoms with E-state index in [-0.39, 0.29) is 23.8 Å². The molecule has 1 N–H and O–H groups in total. The molecule has 0 saturated carbocycles. The zero-order valence-corrected chi connectivity index (χ0v) is 19.0. The van der Waals surface area contributed by atoms with E-state index in [1.54, 1.807) is 55.7 Å². The van der Waals surface area contributed by atoms with Gasteiger partial charge in [0.15, 0.2) is 6.61 Å². The van der Waals surface area contributed by atoms with Crippen LogP contribution in [-0.2, 0) is 4.79 Å². The fourth-order valence-corrected chi connectivity index (χ4v) is 3.26. The molecule has 0 aliphatic rings. The molecule has 0 radical (unpaired) electrons. The van der Waals surface area contributed by atoms with E-state index in [1.807, 2.05) is 0 Å². The molecule has 0 spiro atoms. The molecule has 3 rings (SSSR count). The number of nitrogens with zero attached hydrogens (tertiary/aromatic N) is 2. The number of rotatable bonds is 8. The lowest BCUT2D eigenvalue weighted by Crippen LogP contribution is -2.20. The molecular formula is C24H18BrN3O5. The number of allylic oxidation sites excluding steroid dienone is 1. The number of ether oxygens (including phenoxy) is 2. The second-order valence-electron chi connectivity index (χ2n) is 6.72. The number of methoxy groups -OCH3 is 1. The van der Waals surface area contributed by atoms with Crippen LogP contribution >= 0.6 is 15.9 Å². The summed E-state index contributed by atoms with van der Waals surface area (Å²) in [6.07, 6.45) is 1.60. The van der Waals surface area contributed by atoms with E-state index in [4.69, 9.17) is 9.47 Å². The number of carbonyl (C=O) groups excluding carboxylic acids is 1. The zero-order valence-electron chi connectivity index (χ0n) is 17.4. The Bertz CT molecular complexity index is 1230. The third-order valence-electron chi connectivity index (χ3n) is 4.51. The monoisotopic (exact) mass is 507 g/mol. The Kier molecular flexibility index (Phi) is 7.78. The highest BCUT2D eigenvalue weighted by Gasteiger charge is 2.11. The summed E-state index contributed by atoms with van der Waals surface area (Å²) >= 11 is 3.39. The first-order valence-corrected chi connectivity index (χ1v) is 10.4. The molecule has 0 atom stereocenters. The molecule has 3 aromatic rings. The molecule has 3 aromatic carbocycles. The number of amides is 1. The molecule has 0 fully saturated rings. The van der Waals surface area contributed by atoms with E-state index >= 15 is 0 Å². The van der Waals surface area contributed by atoms with Gasteiger partial charge in [0.05, 0.1) is 23.7 Å². The third-order valence-corrected chi connectivity index (χ3v) is 5.01. The summed E-state index contributed by atoms with van der Waals surface area (Å²) in [5.41, 5.74) is 1.91. The molecule has 9 heteroatoms. The van der Waals surface area contributed by atoms with E-state index in [0.29, 0.717) is 28.3 Å². The van der Waals surface area contributed by atoms with Crippen molar-refractivity contribution in [2.75, 3.05) is 19.0 Å². The Hall–Kier alpha value is -4.16. The quantitative estimate of drug-likeness (QED) is 0.187. The number of nitrogens with one attached hydrogen (secondary N) is 1. The summed E-state index contributed by atoms with van der Waals surface area (Å²) in [7, 11) is 1.56. The molecule has 0 heterocycles. The number of nitriles is 1. The summed E-state index contributed by atoms with van der Waals surface area (Å²) in [6.45, 7) is -0.242. The molecule has 0 aliphatic carbocycles. The minimum atomic E-state index is -0.503. The van der Waals surface area contributed by atoms with Crippen LogP contribution in [0.3, 0.4) is 0 Å². The van der Waals surface area contributed by atoms with Crippen molar-refractivity contribution in [3.05, 3.63) is 92.4 Å². The fraction of sp³-hybridized carbons (Fsp3) is 0.0833. The van der Waals surface area contributed by atoms with Crippen molar-refractivity contribution in [3.63, 3.8) is 0 Å². The number of nitro benzene ring substituents is 1. The maximum atomic E-state index is 12.3. The molecule has 166 valence electrons. The van der Waals surface area contributed by atoms with Crippen LogP contribution in [0.15, 0.2) is 71.2 Å². The van der Waals surface area contributed by atoms with Gasteiger partial charge in [-0.05, 0) is 66.2 Å². The Morgan fingerprint density at radius 2 is 1.85 bits per heavy atom. The van der Waals surface area contributed by atoms with Crippen LogP contribution in [0, 0.1) is 21.4 Å². The molecule has 33 heavy (non-hydrogen) atoms. The number of hydrogen-bond acceptors (Lipinski definition) is 6. The number of anilines is 1. The lowest BCUT2D eigenvalue weighted by molar-refractivity contribution is -0.384. The highest BCUT2D eigenvalue weighted by molar-refractivity contribution is 9.10. The highest BCUT2D eigenvalue weighted by Crippen LogP contribution is 2.28. The SMILES string of the molecule is COc1ccc(NC(=O)COc2ccc(Br)cc2C=C(C#N)c2ccc([N+](=O)[O-])cc2)cc1. The van der Waals surface area contributed by atoms with Gasteiger partial charge < -0.3 is 14.8 Å². The third kappa shape index (κ3) is 6.41. The number of non-ortho nitro benzene ring substituents is 1. The van der Waals surface area contributed by atoms with Gasteiger partial charge in [-0.2, -0.15) is 5.26 Å². The van der Waals surface area contributed by atoms with Gasteiger partial charge in [0.25, 0.3) is 11.6 Å². The molecule has 0 bridgehead atoms. The first kappa shape index (κ1) is 23.5. The van der Waals surface area contributed by atoms with Gasteiger partial charge in [-0.3, -0.25) is 14.9 Å². The first-order valence-electron chi connectivity index (χ1n) is 9.62. The van der Waals surface area contributed by atoms with Crippen LogP contribution in [0.4, 0.5) is 11.4 Å². The number of benzene rings is 3. The van der Waals surface area contributed by atoms with E-state index in [9.17, 15) is 20.2 Å². The fourth-order valence-electron chi connectivity index (χ4n) is 2.88. The van der Waals surface area contributed by atoms with Gasteiger partial charge in [-0.1, -0.05) is 15.9 Å². The minimum absolute atomic E-state index is 0.0645. The Balaban J connectivity index is 1.76. The number of carbonyl (C=O) groups is 1. The molecular weight excluding hydrogens is 490 g/mol. The normalized spacial score (nSPS) is 10.8. The molecule has 0 aromatic heterocycles. The molecule has 0 saturated heterocycles. The summed E-state index contributed by atoms with van der Waals surface area (Å²) in [5.74, 6) is 0.725. The Labute approximate surface area is 198 Å². The summed E-state index contributed by atoms with van der Waals surface area (Å²) in [6, 6.07) is 19.9. The van der Waals surface area contributed by atoms with Crippen molar-refractivity contribution < 1.29 is 19.2 Å². The standard InChI is InChI=1S/C24H18BrN3O5/c1-32-22-9-5-20(6-10-22)27-24(29)15-33-23-11-4-19(25)13-17(23)12-18(14-26)16-2-7-21(8-3-16)28(30)31/h2-13H,15H2,1H3,(H,27,29). The van der Waals surface area contributed by atoms with Crippen LogP contribution in [0.5, 0.6) is 11.5 Å². The average molecular weight is 508 g/mol. The summed E-state index contributed by atoms with van der Waals surface area (Å²) in [4.78, 5) is 22.7. The molecule has 8 nitrogen and oxygen atoms in total. The maximum absolute atomic E-state index is 12.3. The lowest BCUT2D eigenvalue weighted by Gasteiger charge is -2.11. The van der Waals surface area contributed by atoms with Crippen molar-refractivity contribution >= 4 is 44.9 Å². The van der Waals surface area contributed by atoms with E-state index in [1.165, 1.54) is 24.3 Å². The van der Waals surface area contributed by atoms with Gasteiger partial charge in [-0.15, -0.1) is 0 Å². The largest absolute Gasteiger partial charge is 0.497 e. The van der Waals surface area contributed by atoms with Gasteiger partial charge in [0.1, 0.15) is 11.5 Å². The topological polar surface area (TPSA) is 114 Å². The zero-order chi connectivity index (χ0) is 23.8. The average Bonchev–Trinajstić information content (AvgIpc) is 2.82. The Morgan fingerprint density at radius 3 is 2.45 bits per heavy atom. The minimum Gasteiger partial charge on any atom is -0.497 e. The van der Waals surface area contributed by atoms with Crippen LogP contribution in [0.2, 0.25) is 0 Å². The van der Waals surface area contributed by atoms with Gasteiger partial charge >= 0.3 is 0 Å². The van der Waals surface area contributed by atoms with E-state index in [0.717, 1.165) is 4.47 Å². The number of nitro groups is 1. The molecule has 0 unspecified atom stereocenters. The molecule has 1 amide bonds. The van der Waals surface area contributed by atoms with Crippen molar-refractivity contribution in [2.24, 2.45) is 0 Å². The Morgan fingerprint density at radius 1 is 1.15 bits per heavy atom. The second-order valence-corrected chi connectivity index (χ2v) is 7.64. The van der Waals surface area contributed by atoms with Crippen molar-refractivity contribution in [1.82, 2.24) is 0 Å². The number of halogens is 1. The van der Waals surface area contributed by atoms with Crippen LogP contribution < -0.4 is 14.8 Å². The lowest BCUT2D eigenvalue weighted by atomic mass is 10.0. The van der Waals surface area contributed by atoms with Crippen LogP contribution in [-0.4, -0.2) is 24.5 Å².